The van der Waals surface area contributed by atoms with Gasteiger partial charge in [0.25, 0.3) is 0 Å². The number of rotatable bonds is 0. The Hall–Kier alpha value is -0.0400. The van der Waals surface area contributed by atoms with E-state index < -0.39 is 0 Å². The van der Waals surface area contributed by atoms with Crippen LogP contribution in [0, 0.1) is 23.2 Å². The van der Waals surface area contributed by atoms with E-state index in [4.69, 9.17) is 0 Å². The molecular formula is C11H18O. The normalized spacial score (nSPS) is 59.8. The second-order valence-electron chi connectivity index (χ2n) is 5.92. The minimum absolute atomic E-state index is 0.239. The molecule has 0 heterocycles. The zero-order chi connectivity index (χ0) is 8.56. The molecule has 4 saturated carbocycles. The van der Waals surface area contributed by atoms with Crippen molar-refractivity contribution >= 4 is 0 Å². The van der Waals surface area contributed by atoms with Crippen molar-refractivity contribution in [2.75, 3.05) is 0 Å². The van der Waals surface area contributed by atoms with Crippen LogP contribution >= 0.6 is 0 Å². The predicted molar refractivity (Wildman–Crippen MR) is 47.7 cm³/mol. The summed E-state index contributed by atoms with van der Waals surface area (Å²) in [6, 6.07) is 0. The Morgan fingerprint density at radius 1 is 1.17 bits per heavy atom. The SMILES string of the molecule is CC1(C)C2CC3CC1C(O)(C3)C2. The molecule has 12 heavy (non-hydrogen) atoms. The summed E-state index contributed by atoms with van der Waals surface area (Å²) >= 11 is 0. The first kappa shape index (κ1) is 7.37. The maximum Gasteiger partial charge on any atom is 0.0686 e. The van der Waals surface area contributed by atoms with Crippen LogP contribution in [-0.4, -0.2) is 10.7 Å². The highest BCUT2D eigenvalue weighted by molar-refractivity contribution is 5.15. The molecule has 0 saturated heterocycles. The van der Waals surface area contributed by atoms with Crippen LogP contribution in [-0.2, 0) is 0 Å². The minimum Gasteiger partial charge on any atom is -0.390 e. The van der Waals surface area contributed by atoms with E-state index >= 15 is 0 Å². The van der Waals surface area contributed by atoms with Gasteiger partial charge in [0, 0.05) is 0 Å². The molecule has 0 radical (unpaired) electrons. The van der Waals surface area contributed by atoms with Crippen LogP contribution in [0.3, 0.4) is 0 Å². The van der Waals surface area contributed by atoms with Crippen molar-refractivity contribution in [3.05, 3.63) is 0 Å². The van der Waals surface area contributed by atoms with Crippen molar-refractivity contribution < 1.29 is 5.11 Å². The summed E-state index contributed by atoms with van der Waals surface area (Å²) in [5.41, 5.74) is 0.193. The molecule has 4 bridgehead atoms. The zero-order valence-corrected chi connectivity index (χ0v) is 8.01. The average molecular weight is 166 g/mol. The molecule has 4 aliphatic carbocycles. The number of hydrogen-bond donors (Lipinski definition) is 1. The predicted octanol–water partition coefficient (Wildman–Crippen LogP) is 2.19. The van der Waals surface area contributed by atoms with E-state index in [9.17, 15) is 5.11 Å². The fraction of sp³-hybridized carbons (Fsp3) is 1.00. The quantitative estimate of drug-likeness (QED) is 0.585. The summed E-state index contributed by atoms with van der Waals surface area (Å²) in [6.07, 6.45) is 4.91. The van der Waals surface area contributed by atoms with Gasteiger partial charge in [-0.15, -0.1) is 0 Å². The Balaban J connectivity index is 2.08. The molecule has 4 fully saturated rings. The van der Waals surface area contributed by atoms with Gasteiger partial charge >= 0.3 is 0 Å². The van der Waals surface area contributed by atoms with E-state index in [1.807, 2.05) is 0 Å². The monoisotopic (exact) mass is 166 g/mol. The lowest BCUT2D eigenvalue weighted by atomic mass is 9.67. The van der Waals surface area contributed by atoms with Crippen molar-refractivity contribution in [1.82, 2.24) is 0 Å². The Morgan fingerprint density at radius 3 is 2.50 bits per heavy atom. The second kappa shape index (κ2) is 1.75. The van der Waals surface area contributed by atoms with Crippen LogP contribution in [0.15, 0.2) is 0 Å². The fourth-order valence-corrected chi connectivity index (χ4v) is 4.44. The molecule has 0 amide bonds. The van der Waals surface area contributed by atoms with E-state index in [1.54, 1.807) is 0 Å². The Bertz CT molecular complexity index is 228. The average Bonchev–Trinajstić information content (AvgIpc) is 2.25. The van der Waals surface area contributed by atoms with Crippen LogP contribution in [0.25, 0.3) is 0 Å². The largest absolute Gasteiger partial charge is 0.390 e. The Morgan fingerprint density at radius 2 is 1.92 bits per heavy atom. The van der Waals surface area contributed by atoms with Crippen molar-refractivity contribution in [2.24, 2.45) is 23.2 Å². The zero-order valence-electron chi connectivity index (χ0n) is 8.01. The molecule has 0 aromatic heterocycles. The van der Waals surface area contributed by atoms with Gasteiger partial charge in [-0.05, 0) is 48.9 Å². The van der Waals surface area contributed by atoms with Gasteiger partial charge < -0.3 is 5.11 Å². The topological polar surface area (TPSA) is 20.2 Å². The summed E-state index contributed by atoms with van der Waals surface area (Å²) in [4.78, 5) is 0. The van der Waals surface area contributed by atoms with Gasteiger partial charge in [-0.3, -0.25) is 0 Å². The molecule has 4 atom stereocenters. The Kier molecular flexibility index (Phi) is 1.07. The maximum atomic E-state index is 10.4. The first-order valence-corrected chi connectivity index (χ1v) is 5.25. The molecule has 0 aromatic rings. The van der Waals surface area contributed by atoms with E-state index in [-0.39, 0.29) is 5.60 Å². The molecule has 4 rings (SSSR count). The Labute approximate surface area is 74.2 Å². The van der Waals surface area contributed by atoms with Gasteiger partial charge in [0.05, 0.1) is 5.60 Å². The molecule has 4 unspecified atom stereocenters. The third kappa shape index (κ3) is 0.618. The van der Waals surface area contributed by atoms with Crippen LogP contribution in [0.2, 0.25) is 0 Å². The van der Waals surface area contributed by atoms with Gasteiger partial charge in [-0.2, -0.15) is 0 Å². The smallest absolute Gasteiger partial charge is 0.0686 e. The van der Waals surface area contributed by atoms with Gasteiger partial charge in [-0.1, -0.05) is 13.8 Å². The molecule has 1 N–H and O–H groups in total. The molecule has 0 aromatic carbocycles. The van der Waals surface area contributed by atoms with Gasteiger partial charge in [-0.25, -0.2) is 0 Å². The maximum absolute atomic E-state index is 10.4. The summed E-state index contributed by atoms with van der Waals surface area (Å²) in [6.45, 7) is 4.73. The lowest BCUT2D eigenvalue weighted by Crippen LogP contribution is -2.33. The summed E-state index contributed by atoms with van der Waals surface area (Å²) < 4.78 is 0. The van der Waals surface area contributed by atoms with Gasteiger partial charge in [0.2, 0.25) is 0 Å². The van der Waals surface area contributed by atoms with Crippen molar-refractivity contribution in [2.45, 2.75) is 45.1 Å². The first-order valence-electron chi connectivity index (χ1n) is 5.25. The van der Waals surface area contributed by atoms with E-state index in [2.05, 4.69) is 13.8 Å². The van der Waals surface area contributed by atoms with E-state index in [0.29, 0.717) is 11.3 Å². The standard InChI is InChI=1S/C11H18O/c1-10(2)8-3-7-4-9(10)11(12,5-7)6-8/h7-9,12H,3-6H2,1-2H3. The summed E-state index contributed by atoms with van der Waals surface area (Å²) in [7, 11) is 0. The molecular weight excluding hydrogens is 148 g/mol. The molecule has 4 aliphatic rings. The highest BCUT2D eigenvalue weighted by Crippen LogP contribution is 2.68. The molecule has 0 aliphatic heterocycles. The minimum atomic E-state index is -0.239. The summed E-state index contributed by atoms with van der Waals surface area (Å²) in [5.74, 6) is 2.31. The highest BCUT2D eigenvalue weighted by atomic mass is 16.3. The first-order chi connectivity index (χ1) is 5.52. The fourth-order valence-electron chi connectivity index (χ4n) is 4.44. The van der Waals surface area contributed by atoms with Crippen LogP contribution in [0.5, 0.6) is 0 Å². The van der Waals surface area contributed by atoms with Crippen molar-refractivity contribution in [3.8, 4) is 0 Å². The van der Waals surface area contributed by atoms with Crippen LogP contribution < -0.4 is 0 Å². The van der Waals surface area contributed by atoms with Crippen LogP contribution in [0.4, 0.5) is 0 Å². The lowest BCUT2D eigenvalue weighted by molar-refractivity contribution is 0.00143. The van der Waals surface area contributed by atoms with Crippen molar-refractivity contribution in [3.63, 3.8) is 0 Å². The van der Waals surface area contributed by atoms with E-state index in [1.165, 1.54) is 12.8 Å². The lowest BCUT2D eigenvalue weighted by Gasteiger charge is -2.38. The third-order valence-electron chi connectivity index (χ3n) is 5.03. The number of hydrogen-bond acceptors (Lipinski definition) is 1. The van der Waals surface area contributed by atoms with Gasteiger partial charge in [0.1, 0.15) is 0 Å². The highest BCUT2D eigenvalue weighted by Gasteiger charge is 2.65. The molecule has 68 valence electrons. The van der Waals surface area contributed by atoms with E-state index in [0.717, 1.165) is 24.7 Å². The van der Waals surface area contributed by atoms with Crippen molar-refractivity contribution in [1.29, 1.82) is 0 Å². The van der Waals surface area contributed by atoms with Gasteiger partial charge in [0.15, 0.2) is 0 Å². The molecule has 1 nitrogen and oxygen atoms in total. The number of aliphatic hydroxyl groups is 1. The molecule has 1 heteroatoms. The van der Waals surface area contributed by atoms with Crippen LogP contribution in [0.1, 0.15) is 39.5 Å². The second-order valence-corrected chi connectivity index (χ2v) is 5.92. The summed E-state index contributed by atoms with van der Waals surface area (Å²) in [5, 5.41) is 10.4. The third-order valence-corrected chi connectivity index (χ3v) is 5.03. The molecule has 0 spiro atoms.